The van der Waals surface area contributed by atoms with Gasteiger partial charge in [0.15, 0.2) is 0 Å². The predicted molar refractivity (Wildman–Crippen MR) is 79.0 cm³/mol. The zero-order chi connectivity index (χ0) is 15.4. The summed E-state index contributed by atoms with van der Waals surface area (Å²) in [5, 5.41) is 7.21. The molecule has 0 fully saturated rings. The third-order valence-electron chi connectivity index (χ3n) is 3.52. The van der Waals surface area contributed by atoms with Crippen molar-refractivity contribution in [3.8, 4) is 5.88 Å². The maximum absolute atomic E-state index is 12.1. The number of pyridine rings is 1. The number of nitrogens with zero attached hydrogens (tertiary/aromatic N) is 3. The molecule has 2 aromatic rings. The Hall–Kier alpha value is -2.37. The zero-order valence-electron chi connectivity index (χ0n) is 12.8. The number of carbonyl (C=O) groups excluding carboxylic acids is 1. The van der Waals surface area contributed by atoms with Crippen molar-refractivity contribution in [1.29, 1.82) is 0 Å². The van der Waals surface area contributed by atoms with Crippen LogP contribution < -0.4 is 10.1 Å². The zero-order valence-corrected chi connectivity index (χ0v) is 12.8. The van der Waals surface area contributed by atoms with Crippen LogP contribution in [0.2, 0.25) is 0 Å². The molecule has 6 nitrogen and oxygen atoms in total. The first kappa shape index (κ1) is 15.0. The van der Waals surface area contributed by atoms with E-state index in [4.69, 9.17) is 4.74 Å². The molecule has 0 saturated carbocycles. The standard InChI is InChI=1S/C15H20N4O2/c1-10-13(11(2)19(3)18-10)8-14(20)17-9-12-6-5-7-16-15(12)21-4/h5-7H,8-9H2,1-4H3,(H,17,20). The molecule has 2 rings (SSSR count). The van der Waals surface area contributed by atoms with Crippen LogP contribution in [0.25, 0.3) is 0 Å². The number of hydrogen-bond donors (Lipinski definition) is 1. The molecule has 0 aliphatic rings. The molecule has 0 atom stereocenters. The largest absolute Gasteiger partial charge is 0.481 e. The molecule has 0 radical (unpaired) electrons. The third kappa shape index (κ3) is 3.39. The Balaban J connectivity index is 1.99. The van der Waals surface area contributed by atoms with Gasteiger partial charge in [-0.05, 0) is 19.9 Å². The molecule has 1 N–H and O–H groups in total. The maximum Gasteiger partial charge on any atom is 0.224 e. The number of methoxy groups -OCH3 is 1. The monoisotopic (exact) mass is 288 g/mol. The molecule has 2 aromatic heterocycles. The van der Waals surface area contributed by atoms with Crippen LogP contribution in [0.5, 0.6) is 5.88 Å². The van der Waals surface area contributed by atoms with Crippen LogP contribution in [0.3, 0.4) is 0 Å². The highest BCUT2D eigenvalue weighted by atomic mass is 16.5. The predicted octanol–water partition coefficient (Wildman–Crippen LogP) is 1.30. The second-order valence-corrected chi connectivity index (χ2v) is 4.90. The van der Waals surface area contributed by atoms with E-state index < -0.39 is 0 Å². The molecular formula is C15H20N4O2. The van der Waals surface area contributed by atoms with Crippen LogP contribution in [0.15, 0.2) is 18.3 Å². The molecule has 21 heavy (non-hydrogen) atoms. The number of hydrogen-bond acceptors (Lipinski definition) is 4. The molecular weight excluding hydrogens is 268 g/mol. The van der Waals surface area contributed by atoms with Crippen molar-refractivity contribution in [3.05, 3.63) is 40.8 Å². The Labute approximate surface area is 124 Å². The van der Waals surface area contributed by atoms with Gasteiger partial charge in [0.1, 0.15) is 0 Å². The average Bonchev–Trinajstić information content (AvgIpc) is 2.72. The number of ether oxygens (including phenoxy) is 1. The summed E-state index contributed by atoms with van der Waals surface area (Å²) in [6.07, 6.45) is 1.99. The summed E-state index contributed by atoms with van der Waals surface area (Å²) in [4.78, 5) is 16.2. The number of amides is 1. The van der Waals surface area contributed by atoms with Crippen LogP contribution >= 0.6 is 0 Å². The topological polar surface area (TPSA) is 69.0 Å². The highest BCUT2D eigenvalue weighted by molar-refractivity contribution is 5.79. The van der Waals surface area contributed by atoms with Crippen molar-refractivity contribution in [2.24, 2.45) is 7.05 Å². The van der Waals surface area contributed by atoms with Gasteiger partial charge in [0, 0.05) is 36.6 Å². The lowest BCUT2D eigenvalue weighted by molar-refractivity contribution is -0.120. The summed E-state index contributed by atoms with van der Waals surface area (Å²) in [7, 11) is 3.44. The van der Waals surface area contributed by atoms with E-state index in [0.29, 0.717) is 18.8 Å². The lowest BCUT2D eigenvalue weighted by Gasteiger charge is -2.08. The molecule has 0 aliphatic carbocycles. The number of rotatable bonds is 5. The number of aromatic nitrogens is 3. The molecule has 0 unspecified atom stereocenters. The lowest BCUT2D eigenvalue weighted by atomic mass is 10.1. The summed E-state index contributed by atoms with van der Waals surface area (Å²) in [5.41, 5.74) is 3.74. The summed E-state index contributed by atoms with van der Waals surface area (Å²) in [6.45, 7) is 4.28. The van der Waals surface area contributed by atoms with E-state index in [0.717, 1.165) is 22.5 Å². The Morgan fingerprint density at radius 1 is 1.43 bits per heavy atom. The Bertz CT molecular complexity index is 649. The van der Waals surface area contributed by atoms with Gasteiger partial charge in [-0.25, -0.2) is 4.98 Å². The summed E-state index contributed by atoms with van der Waals surface area (Å²) < 4.78 is 6.96. The van der Waals surface area contributed by atoms with Gasteiger partial charge < -0.3 is 10.1 Å². The fraction of sp³-hybridized carbons (Fsp3) is 0.400. The molecule has 6 heteroatoms. The molecule has 0 spiro atoms. The van der Waals surface area contributed by atoms with E-state index >= 15 is 0 Å². The van der Waals surface area contributed by atoms with Crippen LogP contribution in [0.1, 0.15) is 22.5 Å². The fourth-order valence-corrected chi connectivity index (χ4v) is 2.23. The molecule has 0 saturated heterocycles. The SMILES string of the molecule is COc1ncccc1CNC(=O)Cc1c(C)nn(C)c1C. The number of aryl methyl sites for hydroxylation is 2. The van der Waals surface area contributed by atoms with Gasteiger partial charge in [-0.1, -0.05) is 6.07 Å². The molecule has 0 aliphatic heterocycles. The van der Waals surface area contributed by atoms with E-state index in [2.05, 4.69) is 15.4 Å². The van der Waals surface area contributed by atoms with Crippen molar-refractivity contribution in [2.45, 2.75) is 26.8 Å². The minimum Gasteiger partial charge on any atom is -0.481 e. The van der Waals surface area contributed by atoms with E-state index in [1.165, 1.54) is 0 Å². The third-order valence-corrected chi connectivity index (χ3v) is 3.52. The van der Waals surface area contributed by atoms with Gasteiger partial charge in [-0.15, -0.1) is 0 Å². The minimum atomic E-state index is -0.0416. The summed E-state index contributed by atoms with van der Waals surface area (Å²) >= 11 is 0. The van der Waals surface area contributed by atoms with Crippen molar-refractivity contribution >= 4 is 5.91 Å². The van der Waals surface area contributed by atoms with Crippen LogP contribution in [-0.2, 0) is 24.8 Å². The highest BCUT2D eigenvalue weighted by Crippen LogP contribution is 2.14. The Morgan fingerprint density at radius 2 is 2.19 bits per heavy atom. The van der Waals surface area contributed by atoms with Gasteiger partial charge >= 0.3 is 0 Å². The second-order valence-electron chi connectivity index (χ2n) is 4.90. The van der Waals surface area contributed by atoms with E-state index in [1.54, 1.807) is 18.0 Å². The van der Waals surface area contributed by atoms with Crippen LogP contribution in [-0.4, -0.2) is 27.8 Å². The van der Waals surface area contributed by atoms with Gasteiger partial charge in [-0.3, -0.25) is 9.48 Å². The van der Waals surface area contributed by atoms with Crippen molar-refractivity contribution in [3.63, 3.8) is 0 Å². The lowest BCUT2D eigenvalue weighted by Crippen LogP contribution is -2.25. The van der Waals surface area contributed by atoms with Gasteiger partial charge in [-0.2, -0.15) is 5.10 Å². The molecule has 112 valence electrons. The summed E-state index contributed by atoms with van der Waals surface area (Å²) in [5.74, 6) is 0.492. The van der Waals surface area contributed by atoms with Crippen LogP contribution in [0.4, 0.5) is 0 Å². The quantitative estimate of drug-likeness (QED) is 0.900. The van der Waals surface area contributed by atoms with Crippen molar-refractivity contribution < 1.29 is 9.53 Å². The first-order valence-electron chi connectivity index (χ1n) is 6.76. The fourth-order valence-electron chi connectivity index (χ4n) is 2.23. The molecule has 0 bridgehead atoms. The Kier molecular flexibility index (Phi) is 4.57. The van der Waals surface area contributed by atoms with Crippen molar-refractivity contribution in [1.82, 2.24) is 20.1 Å². The first-order chi connectivity index (χ1) is 10.0. The minimum absolute atomic E-state index is 0.0416. The second kappa shape index (κ2) is 6.39. The average molecular weight is 288 g/mol. The van der Waals surface area contributed by atoms with Crippen molar-refractivity contribution in [2.75, 3.05) is 7.11 Å². The molecule has 1 amide bonds. The molecule has 0 aromatic carbocycles. The maximum atomic E-state index is 12.1. The van der Waals surface area contributed by atoms with E-state index in [9.17, 15) is 4.79 Å². The normalized spacial score (nSPS) is 10.5. The Morgan fingerprint density at radius 3 is 2.81 bits per heavy atom. The number of nitrogens with one attached hydrogen (secondary N) is 1. The van der Waals surface area contributed by atoms with Gasteiger partial charge in [0.2, 0.25) is 11.8 Å². The number of carbonyl (C=O) groups is 1. The molecule has 2 heterocycles. The highest BCUT2D eigenvalue weighted by Gasteiger charge is 2.13. The van der Waals surface area contributed by atoms with E-state index in [1.807, 2.05) is 33.0 Å². The summed E-state index contributed by atoms with van der Waals surface area (Å²) in [6, 6.07) is 3.70. The first-order valence-corrected chi connectivity index (χ1v) is 6.76. The van der Waals surface area contributed by atoms with Gasteiger partial charge in [0.25, 0.3) is 0 Å². The van der Waals surface area contributed by atoms with Gasteiger partial charge in [0.05, 0.1) is 19.2 Å². The smallest absolute Gasteiger partial charge is 0.224 e. The van der Waals surface area contributed by atoms with E-state index in [-0.39, 0.29) is 5.91 Å². The van der Waals surface area contributed by atoms with Crippen LogP contribution in [0, 0.1) is 13.8 Å².